The van der Waals surface area contributed by atoms with Crippen molar-refractivity contribution in [3.8, 4) is 0 Å². The summed E-state index contributed by atoms with van der Waals surface area (Å²) < 4.78 is 5.50. The molecule has 1 fully saturated rings. The average Bonchev–Trinajstić information content (AvgIpc) is 2.48. The molecule has 2 nitrogen and oxygen atoms in total. The van der Waals surface area contributed by atoms with E-state index in [1.54, 1.807) is 0 Å². The molecule has 0 bridgehead atoms. The fourth-order valence-corrected chi connectivity index (χ4v) is 1.95. The number of hydrogen-bond donors (Lipinski definition) is 1. The molecule has 0 aromatic rings. The minimum absolute atomic E-state index is 0.411. The maximum Gasteiger partial charge on any atom is 0.0700 e. The van der Waals surface area contributed by atoms with E-state index in [4.69, 9.17) is 4.74 Å². The van der Waals surface area contributed by atoms with Gasteiger partial charge in [-0.1, -0.05) is 20.3 Å². The van der Waals surface area contributed by atoms with Crippen LogP contribution in [0.1, 0.15) is 40.0 Å². The van der Waals surface area contributed by atoms with Gasteiger partial charge in [-0.3, -0.25) is 0 Å². The van der Waals surface area contributed by atoms with Crippen molar-refractivity contribution < 1.29 is 4.74 Å². The highest BCUT2D eigenvalue weighted by molar-refractivity contribution is 4.79. The van der Waals surface area contributed by atoms with Crippen LogP contribution in [0.4, 0.5) is 0 Å². The van der Waals surface area contributed by atoms with Crippen LogP contribution in [0.2, 0.25) is 0 Å². The van der Waals surface area contributed by atoms with Gasteiger partial charge in [0.05, 0.1) is 6.10 Å². The van der Waals surface area contributed by atoms with Crippen molar-refractivity contribution in [2.24, 2.45) is 5.92 Å². The average molecular weight is 185 g/mol. The fraction of sp³-hybridized carbons (Fsp3) is 1.00. The molecule has 2 heteroatoms. The molecule has 0 saturated carbocycles. The van der Waals surface area contributed by atoms with E-state index >= 15 is 0 Å². The molecule has 3 unspecified atom stereocenters. The highest BCUT2D eigenvalue weighted by Crippen LogP contribution is 2.13. The van der Waals surface area contributed by atoms with Crippen molar-refractivity contribution in [1.29, 1.82) is 0 Å². The SMILES string of the molecule is CCCC(C)CNC1CCOC1C. The predicted molar refractivity (Wildman–Crippen MR) is 55.9 cm³/mol. The molecule has 0 radical (unpaired) electrons. The Hall–Kier alpha value is -0.0800. The third-order valence-electron chi connectivity index (χ3n) is 2.89. The van der Waals surface area contributed by atoms with E-state index in [0.29, 0.717) is 12.1 Å². The van der Waals surface area contributed by atoms with Crippen LogP contribution in [0.25, 0.3) is 0 Å². The van der Waals surface area contributed by atoms with Gasteiger partial charge in [-0.25, -0.2) is 0 Å². The molecule has 3 atom stereocenters. The molecule has 1 N–H and O–H groups in total. The van der Waals surface area contributed by atoms with Gasteiger partial charge in [0, 0.05) is 12.6 Å². The van der Waals surface area contributed by atoms with Crippen molar-refractivity contribution in [3.05, 3.63) is 0 Å². The van der Waals surface area contributed by atoms with Crippen molar-refractivity contribution in [1.82, 2.24) is 5.32 Å². The summed E-state index contributed by atoms with van der Waals surface area (Å²) in [6.45, 7) is 8.80. The lowest BCUT2D eigenvalue weighted by Crippen LogP contribution is -2.37. The number of rotatable bonds is 5. The van der Waals surface area contributed by atoms with Crippen LogP contribution in [0.3, 0.4) is 0 Å². The van der Waals surface area contributed by atoms with Crippen LogP contribution >= 0.6 is 0 Å². The summed E-state index contributed by atoms with van der Waals surface area (Å²) in [5.74, 6) is 0.804. The van der Waals surface area contributed by atoms with E-state index < -0.39 is 0 Å². The van der Waals surface area contributed by atoms with E-state index in [1.807, 2.05) is 0 Å². The molecular formula is C11H23NO. The predicted octanol–water partition coefficient (Wildman–Crippen LogP) is 2.19. The Labute approximate surface area is 82.0 Å². The first kappa shape index (κ1) is 11.0. The Morgan fingerprint density at radius 1 is 1.54 bits per heavy atom. The van der Waals surface area contributed by atoms with Crippen LogP contribution in [-0.4, -0.2) is 25.3 Å². The summed E-state index contributed by atoms with van der Waals surface area (Å²) in [5, 5.41) is 3.59. The molecule has 78 valence electrons. The Morgan fingerprint density at radius 3 is 2.85 bits per heavy atom. The van der Waals surface area contributed by atoms with E-state index in [0.717, 1.165) is 19.1 Å². The summed E-state index contributed by atoms with van der Waals surface area (Å²) >= 11 is 0. The summed E-state index contributed by atoms with van der Waals surface area (Å²) in [5.41, 5.74) is 0. The van der Waals surface area contributed by atoms with Gasteiger partial charge in [0.15, 0.2) is 0 Å². The second-order valence-electron chi connectivity index (χ2n) is 4.27. The largest absolute Gasteiger partial charge is 0.377 e. The third kappa shape index (κ3) is 3.65. The highest BCUT2D eigenvalue weighted by Gasteiger charge is 2.23. The van der Waals surface area contributed by atoms with E-state index in [-0.39, 0.29) is 0 Å². The fourth-order valence-electron chi connectivity index (χ4n) is 1.95. The van der Waals surface area contributed by atoms with Crippen molar-refractivity contribution in [3.63, 3.8) is 0 Å². The van der Waals surface area contributed by atoms with Gasteiger partial charge in [0.1, 0.15) is 0 Å². The van der Waals surface area contributed by atoms with Crippen LogP contribution < -0.4 is 5.32 Å². The topological polar surface area (TPSA) is 21.3 Å². The summed E-state index contributed by atoms with van der Waals surface area (Å²) in [6, 6.07) is 0.597. The zero-order valence-electron chi connectivity index (χ0n) is 9.18. The maximum atomic E-state index is 5.50. The monoisotopic (exact) mass is 185 g/mol. The van der Waals surface area contributed by atoms with Gasteiger partial charge in [0.2, 0.25) is 0 Å². The van der Waals surface area contributed by atoms with Crippen LogP contribution in [0.5, 0.6) is 0 Å². The molecular weight excluding hydrogens is 162 g/mol. The van der Waals surface area contributed by atoms with Crippen molar-refractivity contribution in [2.45, 2.75) is 52.2 Å². The van der Waals surface area contributed by atoms with Gasteiger partial charge >= 0.3 is 0 Å². The van der Waals surface area contributed by atoms with E-state index in [9.17, 15) is 0 Å². The first-order valence-electron chi connectivity index (χ1n) is 5.59. The molecule has 1 aliphatic rings. The molecule has 0 aromatic carbocycles. The zero-order chi connectivity index (χ0) is 9.68. The van der Waals surface area contributed by atoms with Gasteiger partial charge in [-0.05, 0) is 32.2 Å². The molecule has 13 heavy (non-hydrogen) atoms. The molecule has 0 aromatic heterocycles. The minimum Gasteiger partial charge on any atom is -0.377 e. The van der Waals surface area contributed by atoms with Crippen molar-refractivity contribution in [2.75, 3.05) is 13.2 Å². The zero-order valence-corrected chi connectivity index (χ0v) is 9.18. The van der Waals surface area contributed by atoms with Gasteiger partial charge in [-0.15, -0.1) is 0 Å². The first-order chi connectivity index (χ1) is 6.24. The highest BCUT2D eigenvalue weighted by atomic mass is 16.5. The Balaban J connectivity index is 2.10. The van der Waals surface area contributed by atoms with E-state index in [2.05, 4.69) is 26.1 Å². The molecule has 1 saturated heterocycles. The molecule has 1 aliphatic heterocycles. The Morgan fingerprint density at radius 2 is 2.31 bits per heavy atom. The van der Waals surface area contributed by atoms with Gasteiger partial charge < -0.3 is 10.1 Å². The lowest BCUT2D eigenvalue weighted by molar-refractivity contribution is 0.112. The van der Waals surface area contributed by atoms with E-state index in [1.165, 1.54) is 19.3 Å². The number of hydrogen-bond acceptors (Lipinski definition) is 2. The maximum absolute atomic E-state index is 5.50. The van der Waals surface area contributed by atoms with Crippen LogP contribution in [-0.2, 0) is 4.74 Å². The second-order valence-corrected chi connectivity index (χ2v) is 4.27. The normalized spacial score (nSPS) is 30.7. The summed E-state index contributed by atoms with van der Waals surface area (Å²) in [6.07, 6.45) is 4.21. The lowest BCUT2D eigenvalue weighted by atomic mass is 10.1. The van der Waals surface area contributed by atoms with Crippen LogP contribution in [0.15, 0.2) is 0 Å². The molecule has 1 heterocycles. The molecule has 0 aliphatic carbocycles. The smallest absolute Gasteiger partial charge is 0.0700 e. The number of ether oxygens (including phenoxy) is 1. The quantitative estimate of drug-likeness (QED) is 0.709. The Kier molecular flexibility index (Phi) is 4.74. The molecule has 1 rings (SSSR count). The van der Waals surface area contributed by atoms with Gasteiger partial charge in [-0.2, -0.15) is 0 Å². The second kappa shape index (κ2) is 5.61. The van der Waals surface area contributed by atoms with Crippen LogP contribution in [0, 0.1) is 5.92 Å². The first-order valence-corrected chi connectivity index (χ1v) is 5.59. The number of nitrogens with one attached hydrogen (secondary N) is 1. The molecule has 0 amide bonds. The lowest BCUT2D eigenvalue weighted by Gasteiger charge is -2.18. The molecule has 0 spiro atoms. The van der Waals surface area contributed by atoms with Crippen molar-refractivity contribution >= 4 is 0 Å². The Bertz CT molecular complexity index is 138. The van der Waals surface area contributed by atoms with Gasteiger partial charge in [0.25, 0.3) is 0 Å². The summed E-state index contributed by atoms with van der Waals surface area (Å²) in [7, 11) is 0. The summed E-state index contributed by atoms with van der Waals surface area (Å²) in [4.78, 5) is 0. The third-order valence-corrected chi connectivity index (χ3v) is 2.89. The minimum atomic E-state index is 0.411. The standard InChI is InChI=1S/C11H23NO/c1-4-5-9(2)8-12-11-6-7-13-10(11)3/h9-12H,4-8H2,1-3H3.